The number of piperidine rings is 1. The minimum absolute atomic E-state index is 0.0384. The van der Waals surface area contributed by atoms with Gasteiger partial charge in [-0.25, -0.2) is 8.42 Å². The summed E-state index contributed by atoms with van der Waals surface area (Å²) in [5.74, 6) is 0.515. The zero-order valence-electron chi connectivity index (χ0n) is 12.2. The van der Waals surface area contributed by atoms with Crippen LogP contribution in [0.3, 0.4) is 0 Å². The molecule has 1 unspecified atom stereocenters. The molecule has 2 aliphatic rings. The smallest absolute Gasteiger partial charge is 0.232 e. The summed E-state index contributed by atoms with van der Waals surface area (Å²) >= 11 is 1.66. The van der Waals surface area contributed by atoms with Crippen LogP contribution in [0.25, 0.3) is 0 Å². The average molecular weight is 336 g/mol. The molecule has 0 spiro atoms. The first-order valence-corrected chi connectivity index (χ1v) is 10.3. The van der Waals surface area contributed by atoms with E-state index in [9.17, 15) is 13.2 Å². The first kappa shape index (κ1) is 17.1. The summed E-state index contributed by atoms with van der Waals surface area (Å²) in [6.45, 7) is 2.09. The molecule has 0 aromatic heterocycles. The lowest BCUT2D eigenvalue weighted by Crippen LogP contribution is -2.44. The van der Waals surface area contributed by atoms with E-state index in [2.05, 4.69) is 5.32 Å². The molecule has 2 saturated heterocycles. The number of aliphatic hydroxyl groups excluding tert-OH is 1. The number of carbonyl (C=O) groups excluding carboxylic acids is 1. The fourth-order valence-corrected chi connectivity index (χ4v) is 5.72. The Labute approximate surface area is 130 Å². The molecule has 2 rings (SSSR count). The van der Waals surface area contributed by atoms with Gasteiger partial charge >= 0.3 is 0 Å². The van der Waals surface area contributed by atoms with Crippen molar-refractivity contribution in [1.29, 1.82) is 0 Å². The van der Waals surface area contributed by atoms with Crippen LogP contribution in [-0.2, 0) is 14.6 Å². The van der Waals surface area contributed by atoms with Gasteiger partial charge in [-0.1, -0.05) is 0 Å². The van der Waals surface area contributed by atoms with Gasteiger partial charge in [-0.05, 0) is 32.4 Å². The Morgan fingerprint density at radius 1 is 1.29 bits per heavy atom. The van der Waals surface area contributed by atoms with Gasteiger partial charge in [-0.15, -0.1) is 11.8 Å². The van der Waals surface area contributed by atoms with Crippen LogP contribution in [-0.4, -0.2) is 79.1 Å². The van der Waals surface area contributed by atoms with Crippen LogP contribution in [0.2, 0.25) is 0 Å². The van der Waals surface area contributed by atoms with Gasteiger partial charge in [0.25, 0.3) is 0 Å². The second kappa shape index (κ2) is 7.80. The maximum absolute atomic E-state index is 12.4. The normalized spacial score (nSPS) is 25.9. The van der Waals surface area contributed by atoms with Gasteiger partial charge in [0.05, 0.1) is 23.9 Å². The van der Waals surface area contributed by atoms with Crippen molar-refractivity contribution in [2.75, 3.05) is 43.5 Å². The van der Waals surface area contributed by atoms with Crippen molar-refractivity contribution in [1.82, 2.24) is 10.2 Å². The number of hydrogen-bond donors (Lipinski definition) is 2. The van der Waals surface area contributed by atoms with Crippen molar-refractivity contribution in [2.24, 2.45) is 0 Å². The van der Waals surface area contributed by atoms with E-state index < -0.39 is 9.84 Å². The molecule has 0 aromatic rings. The van der Waals surface area contributed by atoms with Gasteiger partial charge in [0, 0.05) is 17.8 Å². The minimum Gasteiger partial charge on any atom is -0.395 e. The van der Waals surface area contributed by atoms with E-state index in [1.807, 2.05) is 0 Å². The highest BCUT2D eigenvalue weighted by atomic mass is 32.2. The quantitative estimate of drug-likeness (QED) is 0.679. The van der Waals surface area contributed by atoms with E-state index in [0.717, 1.165) is 25.9 Å². The second-order valence-corrected chi connectivity index (χ2v) is 9.15. The number of thioether (sulfide) groups is 1. The van der Waals surface area contributed by atoms with Crippen molar-refractivity contribution >= 4 is 27.5 Å². The molecule has 0 radical (unpaired) electrons. The third-order valence-corrected chi connectivity index (χ3v) is 7.15. The Bertz CT molecular complexity index is 449. The molecule has 2 heterocycles. The minimum atomic E-state index is -3.02. The fraction of sp³-hybridized carbons (Fsp3) is 0.923. The molecule has 122 valence electrons. The molecule has 0 bridgehead atoms. The Morgan fingerprint density at radius 3 is 2.57 bits per heavy atom. The zero-order chi connectivity index (χ0) is 15.3. The average Bonchev–Trinajstić information content (AvgIpc) is 2.83. The molecule has 2 fully saturated rings. The molecule has 6 nitrogen and oxygen atoms in total. The highest BCUT2D eigenvalue weighted by Gasteiger charge is 2.34. The number of carbonyl (C=O) groups is 1. The highest BCUT2D eigenvalue weighted by Crippen LogP contribution is 2.23. The van der Waals surface area contributed by atoms with Gasteiger partial charge in [-0.3, -0.25) is 4.79 Å². The van der Waals surface area contributed by atoms with Crippen LogP contribution < -0.4 is 5.32 Å². The van der Waals surface area contributed by atoms with E-state index in [4.69, 9.17) is 5.11 Å². The third kappa shape index (κ3) is 5.12. The molecule has 8 heteroatoms. The van der Waals surface area contributed by atoms with Crippen molar-refractivity contribution in [3.05, 3.63) is 0 Å². The molecule has 0 aliphatic carbocycles. The van der Waals surface area contributed by atoms with E-state index in [-0.39, 0.29) is 36.6 Å². The zero-order valence-corrected chi connectivity index (χ0v) is 13.8. The number of nitrogens with one attached hydrogen (secondary N) is 1. The summed E-state index contributed by atoms with van der Waals surface area (Å²) in [4.78, 5) is 13.9. The highest BCUT2D eigenvalue weighted by molar-refractivity contribution is 8.00. The predicted molar refractivity (Wildman–Crippen MR) is 84.2 cm³/mol. The van der Waals surface area contributed by atoms with E-state index in [0.29, 0.717) is 17.4 Å². The predicted octanol–water partition coefficient (Wildman–Crippen LogP) is -0.520. The molecule has 21 heavy (non-hydrogen) atoms. The van der Waals surface area contributed by atoms with Crippen LogP contribution in [0.15, 0.2) is 0 Å². The first-order chi connectivity index (χ1) is 10.0. The van der Waals surface area contributed by atoms with Gasteiger partial charge < -0.3 is 15.3 Å². The van der Waals surface area contributed by atoms with Crippen LogP contribution in [0.5, 0.6) is 0 Å². The van der Waals surface area contributed by atoms with Gasteiger partial charge in [0.15, 0.2) is 9.84 Å². The largest absolute Gasteiger partial charge is 0.395 e. The number of rotatable bonds is 6. The Balaban J connectivity index is 1.86. The summed E-state index contributed by atoms with van der Waals surface area (Å²) in [7, 11) is -3.02. The molecular formula is C13H24N2O4S2. The van der Waals surface area contributed by atoms with Gasteiger partial charge in [0.2, 0.25) is 5.91 Å². The number of aliphatic hydroxyl groups is 1. The van der Waals surface area contributed by atoms with Gasteiger partial charge in [-0.2, -0.15) is 0 Å². The van der Waals surface area contributed by atoms with Crippen LogP contribution in [0.1, 0.15) is 19.3 Å². The van der Waals surface area contributed by atoms with Crippen molar-refractivity contribution in [3.63, 3.8) is 0 Å². The summed E-state index contributed by atoms with van der Waals surface area (Å²) in [6.07, 6.45) is 2.62. The third-order valence-electron chi connectivity index (χ3n) is 4.04. The molecule has 1 amide bonds. The topological polar surface area (TPSA) is 86.7 Å². The Morgan fingerprint density at radius 2 is 2.00 bits per heavy atom. The molecule has 2 aliphatic heterocycles. The lowest BCUT2D eigenvalue weighted by Gasteiger charge is -2.29. The van der Waals surface area contributed by atoms with E-state index in [1.54, 1.807) is 16.7 Å². The first-order valence-electron chi connectivity index (χ1n) is 7.45. The van der Waals surface area contributed by atoms with Crippen LogP contribution >= 0.6 is 11.8 Å². The van der Waals surface area contributed by atoms with Crippen LogP contribution in [0, 0.1) is 0 Å². The lowest BCUT2D eigenvalue weighted by atomic mass is 10.2. The van der Waals surface area contributed by atoms with Crippen molar-refractivity contribution < 1.29 is 18.3 Å². The van der Waals surface area contributed by atoms with E-state index in [1.165, 1.54) is 0 Å². The number of hydrogen-bond acceptors (Lipinski definition) is 6. The van der Waals surface area contributed by atoms with Crippen molar-refractivity contribution in [2.45, 2.75) is 30.6 Å². The van der Waals surface area contributed by atoms with Gasteiger partial charge in [0.1, 0.15) is 0 Å². The molecular weight excluding hydrogens is 312 g/mol. The Hall–Kier alpha value is -0.310. The standard InChI is InChI=1S/C13H24N2O4S2/c16-7-6-15(11-3-8-21(18,19)10-11)13(17)9-20-12-1-4-14-5-2-12/h11-12,14,16H,1-10H2. The molecule has 0 saturated carbocycles. The number of nitrogens with zero attached hydrogens (tertiary/aromatic N) is 1. The fourth-order valence-electron chi connectivity index (χ4n) is 2.87. The number of amides is 1. The summed E-state index contributed by atoms with van der Waals surface area (Å²) in [5, 5.41) is 12.9. The summed E-state index contributed by atoms with van der Waals surface area (Å²) < 4.78 is 23.1. The summed E-state index contributed by atoms with van der Waals surface area (Å²) in [6, 6.07) is -0.261. The molecule has 1 atom stereocenters. The maximum atomic E-state index is 12.4. The molecule has 2 N–H and O–H groups in total. The van der Waals surface area contributed by atoms with Crippen LogP contribution in [0.4, 0.5) is 0 Å². The maximum Gasteiger partial charge on any atom is 0.232 e. The Kier molecular flexibility index (Phi) is 6.34. The van der Waals surface area contributed by atoms with E-state index >= 15 is 0 Å². The SMILES string of the molecule is O=C(CSC1CCNCC1)N(CCO)C1CCS(=O)(=O)C1. The lowest BCUT2D eigenvalue weighted by molar-refractivity contribution is -0.130. The summed E-state index contributed by atoms with van der Waals surface area (Å²) in [5.41, 5.74) is 0. The number of sulfone groups is 1. The second-order valence-electron chi connectivity index (χ2n) is 5.63. The van der Waals surface area contributed by atoms with Crippen molar-refractivity contribution in [3.8, 4) is 0 Å². The monoisotopic (exact) mass is 336 g/mol. The molecule has 0 aromatic carbocycles.